The van der Waals surface area contributed by atoms with Crippen LogP contribution in [0.1, 0.15) is 18.5 Å². The van der Waals surface area contributed by atoms with Crippen LogP contribution in [0.5, 0.6) is 5.75 Å². The van der Waals surface area contributed by atoms with Gasteiger partial charge in [0.05, 0.1) is 18.7 Å². The van der Waals surface area contributed by atoms with Crippen molar-refractivity contribution >= 4 is 29.1 Å². The Morgan fingerprint density at radius 1 is 1.24 bits per heavy atom. The number of benzene rings is 1. The van der Waals surface area contributed by atoms with E-state index in [0.717, 1.165) is 11.3 Å². The number of rotatable bonds is 4. The first-order chi connectivity index (χ1) is 12.1. The Bertz CT molecular complexity index is 819. The Morgan fingerprint density at radius 2 is 2.00 bits per heavy atom. The Balaban J connectivity index is 1.93. The van der Waals surface area contributed by atoms with Crippen LogP contribution in [-0.2, 0) is 4.79 Å². The number of hydrogen-bond acceptors (Lipinski definition) is 4. The molecule has 2 aromatic rings. The van der Waals surface area contributed by atoms with Gasteiger partial charge in [0.2, 0.25) is 0 Å². The number of hydrogen-bond donors (Lipinski definition) is 3. The van der Waals surface area contributed by atoms with Gasteiger partial charge in [0.15, 0.2) is 5.11 Å². The highest BCUT2D eigenvalue weighted by atomic mass is 32.1. The quantitative estimate of drug-likeness (QED) is 0.733. The number of carbonyl (C=O) groups is 1. The van der Waals surface area contributed by atoms with Crippen LogP contribution in [0.4, 0.5) is 5.82 Å². The number of carbonyl (C=O) groups excluding carboxylic acids is 1. The Labute approximate surface area is 151 Å². The van der Waals surface area contributed by atoms with Gasteiger partial charge in [0.25, 0.3) is 5.91 Å². The van der Waals surface area contributed by atoms with E-state index in [-0.39, 0.29) is 11.9 Å². The lowest BCUT2D eigenvalue weighted by molar-refractivity contribution is -0.113. The minimum absolute atomic E-state index is 0.237. The monoisotopic (exact) mass is 354 g/mol. The third-order valence-corrected chi connectivity index (χ3v) is 4.09. The zero-order chi connectivity index (χ0) is 17.8. The Hall–Kier alpha value is -2.93. The molecule has 1 aromatic heterocycles. The van der Waals surface area contributed by atoms with Crippen LogP contribution >= 0.6 is 12.2 Å². The zero-order valence-corrected chi connectivity index (χ0v) is 14.7. The molecular formula is C18H18N4O2S. The number of anilines is 1. The van der Waals surface area contributed by atoms with E-state index in [1.165, 1.54) is 0 Å². The molecule has 0 saturated heterocycles. The van der Waals surface area contributed by atoms with Crippen LogP contribution in [0.3, 0.4) is 0 Å². The average Bonchev–Trinajstić information content (AvgIpc) is 2.62. The number of amides is 1. The summed E-state index contributed by atoms with van der Waals surface area (Å²) in [5, 5.41) is 9.47. The highest BCUT2D eigenvalue weighted by Gasteiger charge is 2.30. The Morgan fingerprint density at radius 3 is 2.64 bits per heavy atom. The first-order valence-electron chi connectivity index (χ1n) is 7.73. The van der Waals surface area contributed by atoms with Crippen molar-refractivity contribution in [3.63, 3.8) is 0 Å². The minimum atomic E-state index is -0.358. The van der Waals surface area contributed by atoms with Crippen molar-refractivity contribution in [2.24, 2.45) is 0 Å². The molecular weight excluding hydrogens is 336 g/mol. The summed E-state index contributed by atoms with van der Waals surface area (Å²) in [6, 6.07) is 12.5. The first kappa shape index (κ1) is 16.9. The largest absolute Gasteiger partial charge is 0.497 e. The van der Waals surface area contributed by atoms with Crippen LogP contribution < -0.4 is 20.7 Å². The maximum Gasteiger partial charge on any atom is 0.256 e. The van der Waals surface area contributed by atoms with Gasteiger partial charge in [-0.15, -0.1) is 0 Å². The van der Waals surface area contributed by atoms with Gasteiger partial charge < -0.3 is 20.7 Å². The average molecular weight is 354 g/mol. The summed E-state index contributed by atoms with van der Waals surface area (Å²) in [5.41, 5.74) is 2.18. The van der Waals surface area contributed by atoms with E-state index in [1.54, 1.807) is 25.4 Å². The molecule has 3 rings (SSSR count). The van der Waals surface area contributed by atoms with Crippen molar-refractivity contribution in [2.75, 3.05) is 12.4 Å². The number of ether oxygens (including phenoxy) is 1. The molecule has 3 N–H and O–H groups in total. The molecule has 128 valence electrons. The molecule has 0 saturated carbocycles. The van der Waals surface area contributed by atoms with Crippen LogP contribution in [0, 0.1) is 0 Å². The van der Waals surface area contributed by atoms with Gasteiger partial charge in [-0.3, -0.25) is 4.79 Å². The smallest absolute Gasteiger partial charge is 0.256 e. The molecule has 1 atom stereocenters. The normalized spacial score (nSPS) is 16.7. The van der Waals surface area contributed by atoms with E-state index in [0.29, 0.717) is 22.2 Å². The van der Waals surface area contributed by atoms with Gasteiger partial charge in [0.1, 0.15) is 11.6 Å². The molecule has 6 nitrogen and oxygen atoms in total. The lowest BCUT2D eigenvalue weighted by Crippen LogP contribution is -2.45. The van der Waals surface area contributed by atoms with Crippen molar-refractivity contribution < 1.29 is 9.53 Å². The van der Waals surface area contributed by atoms with Crippen molar-refractivity contribution in [2.45, 2.75) is 13.0 Å². The molecule has 25 heavy (non-hydrogen) atoms. The van der Waals surface area contributed by atoms with Gasteiger partial charge in [-0.2, -0.15) is 0 Å². The van der Waals surface area contributed by atoms with E-state index in [4.69, 9.17) is 17.0 Å². The molecule has 0 radical (unpaired) electrons. The van der Waals surface area contributed by atoms with Crippen molar-refractivity contribution in [1.82, 2.24) is 15.6 Å². The van der Waals surface area contributed by atoms with Gasteiger partial charge in [-0.05, 0) is 49.0 Å². The number of pyridine rings is 1. The molecule has 1 amide bonds. The first-order valence-corrected chi connectivity index (χ1v) is 8.14. The van der Waals surface area contributed by atoms with Gasteiger partial charge in [-0.1, -0.05) is 18.2 Å². The summed E-state index contributed by atoms with van der Waals surface area (Å²) in [4.78, 5) is 17.0. The molecule has 0 bridgehead atoms. The second-order valence-corrected chi connectivity index (χ2v) is 5.92. The molecule has 7 heteroatoms. The zero-order valence-electron chi connectivity index (χ0n) is 13.9. The highest BCUT2D eigenvalue weighted by molar-refractivity contribution is 7.80. The van der Waals surface area contributed by atoms with E-state index < -0.39 is 0 Å². The predicted octanol–water partition coefficient (Wildman–Crippen LogP) is 2.52. The van der Waals surface area contributed by atoms with Crippen LogP contribution in [-0.4, -0.2) is 23.1 Å². The number of methoxy groups -OCH3 is 1. The minimum Gasteiger partial charge on any atom is -0.497 e. The van der Waals surface area contributed by atoms with E-state index in [1.807, 2.05) is 37.3 Å². The number of nitrogens with zero attached hydrogens (tertiary/aromatic N) is 1. The van der Waals surface area contributed by atoms with E-state index in [2.05, 4.69) is 20.9 Å². The Kier molecular flexibility index (Phi) is 4.95. The number of allylic oxidation sites excluding steroid dienone is 1. The molecule has 0 unspecified atom stereocenters. The summed E-state index contributed by atoms with van der Waals surface area (Å²) in [5.74, 6) is 1.01. The topological polar surface area (TPSA) is 75.3 Å². The molecule has 0 aliphatic carbocycles. The fourth-order valence-electron chi connectivity index (χ4n) is 2.66. The summed E-state index contributed by atoms with van der Waals surface area (Å²) in [6.45, 7) is 1.83. The van der Waals surface area contributed by atoms with Crippen molar-refractivity contribution in [3.8, 4) is 5.75 Å². The van der Waals surface area contributed by atoms with Crippen LogP contribution in [0.15, 0.2) is 59.9 Å². The fourth-order valence-corrected chi connectivity index (χ4v) is 2.93. The molecule has 1 aromatic carbocycles. The van der Waals surface area contributed by atoms with E-state index in [9.17, 15) is 4.79 Å². The molecule has 2 heterocycles. The van der Waals surface area contributed by atoms with Crippen molar-refractivity contribution in [1.29, 1.82) is 0 Å². The second kappa shape index (κ2) is 7.31. The predicted molar refractivity (Wildman–Crippen MR) is 100 cm³/mol. The lowest BCUT2D eigenvalue weighted by Gasteiger charge is -2.30. The van der Waals surface area contributed by atoms with E-state index >= 15 is 0 Å². The maximum absolute atomic E-state index is 12.8. The van der Waals surface area contributed by atoms with Crippen molar-refractivity contribution in [3.05, 3.63) is 65.5 Å². The summed E-state index contributed by atoms with van der Waals surface area (Å²) in [6.07, 6.45) is 1.63. The summed E-state index contributed by atoms with van der Waals surface area (Å²) >= 11 is 5.25. The van der Waals surface area contributed by atoms with Gasteiger partial charge in [0, 0.05) is 11.9 Å². The lowest BCUT2D eigenvalue weighted by atomic mass is 9.95. The summed E-state index contributed by atoms with van der Waals surface area (Å²) in [7, 11) is 1.61. The third kappa shape index (κ3) is 3.77. The highest BCUT2D eigenvalue weighted by Crippen LogP contribution is 2.28. The standard InChI is InChI=1S/C18H18N4O2S/c1-11-15(17(23)21-14-5-3-4-10-19-14)16(22-18(25)20-11)12-6-8-13(24-2)9-7-12/h3-10,16H,1-2H3,(H,19,21,23)(H2,20,22,25)/t16-/m0/s1. The van der Waals surface area contributed by atoms with Crippen LogP contribution in [0.25, 0.3) is 0 Å². The molecule has 0 fully saturated rings. The summed E-state index contributed by atoms with van der Waals surface area (Å²) < 4.78 is 5.19. The SMILES string of the molecule is COc1ccc([C@@H]2NC(=S)NC(C)=C2C(=O)Nc2ccccn2)cc1. The number of thiocarbonyl (C=S) groups is 1. The number of aromatic nitrogens is 1. The molecule has 0 spiro atoms. The maximum atomic E-state index is 12.8. The van der Waals surface area contributed by atoms with Crippen LogP contribution in [0.2, 0.25) is 0 Å². The third-order valence-electron chi connectivity index (χ3n) is 3.87. The van der Waals surface area contributed by atoms with Gasteiger partial charge >= 0.3 is 0 Å². The van der Waals surface area contributed by atoms with Gasteiger partial charge in [-0.25, -0.2) is 4.98 Å². The fraction of sp³-hybridized carbons (Fsp3) is 0.167. The number of nitrogens with one attached hydrogen (secondary N) is 3. The molecule has 1 aliphatic rings. The molecule has 1 aliphatic heterocycles. The second-order valence-electron chi connectivity index (χ2n) is 5.51.